The lowest BCUT2D eigenvalue weighted by Crippen LogP contribution is -2.20. The summed E-state index contributed by atoms with van der Waals surface area (Å²) in [7, 11) is 3.36. The fraction of sp³-hybridized carbons (Fsp3) is 0.250. The molecule has 0 saturated heterocycles. The van der Waals surface area contributed by atoms with Crippen molar-refractivity contribution < 1.29 is 4.74 Å². The van der Waals surface area contributed by atoms with Crippen molar-refractivity contribution >= 4 is 21.6 Å². The number of nitrogen functional groups attached to an aromatic ring is 1. The van der Waals surface area contributed by atoms with Gasteiger partial charge >= 0.3 is 0 Å². The van der Waals surface area contributed by atoms with E-state index in [4.69, 9.17) is 10.5 Å². The number of halogens is 1. The van der Waals surface area contributed by atoms with Gasteiger partial charge in [-0.15, -0.1) is 0 Å². The molecule has 0 atom stereocenters. The Kier molecular flexibility index (Phi) is 3.58. The summed E-state index contributed by atoms with van der Waals surface area (Å²) in [5, 5.41) is 0. The standard InChI is InChI=1S/C12H14BrN3O2/c1-15-10(7-18-2)11(14)12(17)16(15)9-5-3-8(13)4-6-9/h3-6H,7,14H2,1-2H3. The normalized spacial score (nSPS) is 10.8. The number of nitrogens with two attached hydrogens (primary N) is 1. The van der Waals surface area contributed by atoms with E-state index in [0.29, 0.717) is 12.3 Å². The van der Waals surface area contributed by atoms with Gasteiger partial charge in [0.15, 0.2) is 0 Å². The molecule has 0 radical (unpaired) electrons. The van der Waals surface area contributed by atoms with Crippen molar-refractivity contribution in [3.8, 4) is 5.69 Å². The number of benzene rings is 1. The van der Waals surface area contributed by atoms with Crippen molar-refractivity contribution in [3.63, 3.8) is 0 Å². The van der Waals surface area contributed by atoms with E-state index in [1.54, 1.807) is 18.8 Å². The molecule has 96 valence electrons. The monoisotopic (exact) mass is 311 g/mol. The van der Waals surface area contributed by atoms with Crippen molar-refractivity contribution in [2.24, 2.45) is 7.05 Å². The lowest BCUT2D eigenvalue weighted by atomic mass is 10.3. The first kappa shape index (κ1) is 12.9. The topological polar surface area (TPSA) is 62.2 Å². The molecule has 0 unspecified atom stereocenters. The summed E-state index contributed by atoms with van der Waals surface area (Å²) < 4.78 is 9.25. The van der Waals surface area contributed by atoms with Crippen LogP contribution in [0.15, 0.2) is 33.5 Å². The zero-order valence-electron chi connectivity index (χ0n) is 10.2. The number of aromatic nitrogens is 2. The number of hydrogen-bond acceptors (Lipinski definition) is 3. The van der Waals surface area contributed by atoms with Gasteiger partial charge in [0.05, 0.1) is 18.0 Å². The van der Waals surface area contributed by atoms with Gasteiger partial charge < -0.3 is 10.5 Å². The lowest BCUT2D eigenvalue weighted by Gasteiger charge is -2.09. The molecule has 6 heteroatoms. The van der Waals surface area contributed by atoms with Crippen LogP contribution >= 0.6 is 15.9 Å². The van der Waals surface area contributed by atoms with Gasteiger partial charge in [-0.25, -0.2) is 4.68 Å². The number of rotatable bonds is 3. The van der Waals surface area contributed by atoms with Crippen LogP contribution in [0.1, 0.15) is 5.69 Å². The average molecular weight is 312 g/mol. The van der Waals surface area contributed by atoms with E-state index in [9.17, 15) is 4.79 Å². The first-order valence-electron chi connectivity index (χ1n) is 5.37. The second-order valence-electron chi connectivity index (χ2n) is 3.91. The van der Waals surface area contributed by atoms with Crippen molar-refractivity contribution in [1.29, 1.82) is 0 Å². The molecule has 0 aliphatic carbocycles. The Morgan fingerprint density at radius 1 is 1.33 bits per heavy atom. The van der Waals surface area contributed by atoms with Crippen LogP contribution in [-0.4, -0.2) is 16.5 Å². The Balaban J connectivity index is 2.61. The van der Waals surface area contributed by atoms with Crippen molar-refractivity contribution in [1.82, 2.24) is 9.36 Å². The summed E-state index contributed by atoms with van der Waals surface area (Å²) in [6.45, 7) is 0.307. The van der Waals surface area contributed by atoms with E-state index in [2.05, 4.69) is 15.9 Å². The third kappa shape index (κ3) is 2.09. The predicted molar refractivity (Wildman–Crippen MR) is 73.8 cm³/mol. The molecule has 0 spiro atoms. The maximum Gasteiger partial charge on any atom is 0.294 e. The van der Waals surface area contributed by atoms with Gasteiger partial charge in [-0.05, 0) is 24.3 Å². The van der Waals surface area contributed by atoms with E-state index in [-0.39, 0.29) is 11.2 Å². The van der Waals surface area contributed by atoms with E-state index in [1.165, 1.54) is 4.68 Å². The van der Waals surface area contributed by atoms with E-state index in [1.807, 2.05) is 24.3 Å². The second-order valence-corrected chi connectivity index (χ2v) is 4.83. The molecular weight excluding hydrogens is 298 g/mol. The van der Waals surface area contributed by atoms with Gasteiger partial charge in [0, 0.05) is 18.6 Å². The smallest absolute Gasteiger partial charge is 0.294 e. The molecular formula is C12H14BrN3O2. The fourth-order valence-corrected chi connectivity index (χ4v) is 2.11. The number of anilines is 1. The van der Waals surface area contributed by atoms with Gasteiger partial charge in [-0.2, -0.15) is 0 Å². The van der Waals surface area contributed by atoms with Crippen molar-refractivity contribution in [2.45, 2.75) is 6.61 Å². The van der Waals surface area contributed by atoms with Crippen LogP contribution in [0.3, 0.4) is 0 Å². The molecule has 0 aliphatic rings. The summed E-state index contributed by atoms with van der Waals surface area (Å²) in [5.41, 5.74) is 7.24. The quantitative estimate of drug-likeness (QED) is 0.938. The summed E-state index contributed by atoms with van der Waals surface area (Å²) in [5.74, 6) is 0. The molecule has 2 N–H and O–H groups in total. The third-order valence-electron chi connectivity index (χ3n) is 2.78. The third-order valence-corrected chi connectivity index (χ3v) is 3.31. The maximum atomic E-state index is 12.1. The molecule has 5 nitrogen and oxygen atoms in total. The minimum Gasteiger partial charge on any atom is -0.393 e. The molecule has 1 aromatic carbocycles. The predicted octanol–water partition coefficient (Wildman–Crippen LogP) is 1.67. The Bertz CT molecular complexity index is 613. The van der Waals surface area contributed by atoms with Crippen molar-refractivity contribution in [2.75, 3.05) is 12.8 Å². The summed E-state index contributed by atoms with van der Waals surface area (Å²) in [4.78, 5) is 12.1. The molecule has 2 rings (SSSR count). The maximum absolute atomic E-state index is 12.1. The first-order chi connectivity index (χ1) is 8.56. The molecule has 0 amide bonds. The largest absolute Gasteiger partial charge is 0.393 e. The van der Waals surface area contributed by atoms with E-state index in [0.717, 1.165) is 10.2 Å². The molecule has 0 fully saturated rings. The molecule has 0 saturated carbocycles. The average Bonchev–Trinajstić information content (AvgIpc) is 2.56. The van der Waals surface area contributed by atoms with Crippen LogP contribution in [0.25, 0.3) is 5.69 Å². The minimum atomic E-state index is -0.230. The van der Waals surface area contributed by atoms with Crippen molar-refractivity contribution in [3.05, 3.63) is 44.8 Å². The zero-order valence-corrected chi connectivity index (χ0v) is 11.8. The van der Waals surface area contributed by atoms with Gasteiger partial charge in [0.2, 0.25) is 0 Å². The number of methoxy groups -OCH3 is 1. The molecule has 1 heterocycles. The van der Waals surface area contributed by atoms with Gasteiger partial charge in [0.25, 0.3) is 5.56 Å². The summed E-state index contributed by atoms with van der Waals surface area (Å²) >= 11 is 3.36. The van der Waals surface area contributed by atoms with Gasteiger partial charge in [0.1, 0.15) is 5.69 Å². The molecule has 18 heavy (non-hydrogen) atoms. The fourth-order valence-electron chi connectivity index (χ4n) is 1.85. The van der Waals surface area contributed by atoms with Crippen LogP contribution in [0.5, 0.6) is 0 Å². The van der Waals surface area contributed by atoms with Crippen LogP contribution in [0.4, 0.5) is 5.69 Å². The SMILES string of the molecule is COCc1c(N)c(=O)n(-c2ccc(Br)cc2)n1C. The van der Waals surface area contributed by atoms with Crippen LogP contribution in [0.2, 0.25) is 0 Å². The van der Waals surface area contributed by atoms with Crippen LogP contribution < -0.4 is 11.3 Å². The Morgan fingerprint density at radius 2 is 1.94 bits per heavy atom. The Morgan fingerprint density at radius 3 is 2.50 bits per heavy atom. The van der Waals surface area contributed by atoms with Crippen LogP contribution in [-0.2, 0) is 18.4 Å². The lowest BCUT2D eigenvalue weighted by molar-refractivity contribution is 0.177. The highest BCUT2D eigenvalue weighted by Gasteiger charge is 2.15. The van der Waals surface area contributed by atoms with Gasteiger partial charge in [-0.3, -0.25) is 9.48 Å². The molecule has 2 aromatic rings. The Hall–Kier alpha value is -1.53. The number of hydrogen-bond donors (Lipinski definition) is 1. The van der Waals surface area contributed by atoms with Crippen LogP contribution in [0, 0.1) is 0 Å². The Labute approximate surface area is 113 Å². The van der Waals surface area contributed by atoms with E-state index < -0.39 is 0 Å². The highest BCUT2D eigenvalue weighted by molar-refractivity contribution is 9.10. The number of nitrogens with zero attached hydrogens (tertiary/aromatic N) is 2. The highest BCUT2D eigenvalue weighted by atomic mass is 79.9. The number of ether oxygens (including phenoxy) is 1. The zero-order chi connectivity index (χ0) is 13.3. The minimum absolute atomic E-state index is 0.224. The highest BCUT2D eigenvalue weighted by Crippen LogP contribution is 2.16. The van der Waals surface area contributed by atoms with Gasteiger partial charge in [-0.1, -0.05) is 15.9 Å². The first-order valence-corrected chi connectivity index (χ1v) is 6.16. The van der Waals surface area contributed by atoms with E-state index >= 15 is 0 Å². The summed E-state index contributed by atoms with van der Waals surface area (Å²) in [6, 6.07) is 7.45. The molecule has 0 bridgehead atoms. The summed E-state index contributed by atoms with van der Waals surface area (Å²) in [6.07, 6.45) is 0. The second kappa shape index (κ2) is 4.99. The molecule has 1 aromatic heterocycles. The molecule has 0 aliphatic heterocycles.